The molecule has 0 aliphatic heterocycles. The second-order valence-electron chi connectivity index (χ2n) is 9.20. The van der Waals surface area contributed by atoms with Gasteiger partial charge in [-0.05, 0) is 37.3 Å². The zero-order chi connectivity index (χ0) is 31.1. The maximum absolute atomic E-state index is 15.3. The first-order valence-electron chi connectivity index (χ1n) is 11.9. The van der Waals surface area contributed by atoms with Crippen molar-refractivity contribution >= 4 is 59.7 Å². The molecule has 4 aromatic rings. The van der Waals surface area contributed by atoms with Crippen molar-refractivity contribution < 1.29 is 30.7 Å². The maximum Gasteiger partial charge on any atom is 0.423 e. The van der Waals surface area contributed by atoms with Gasteiger partial charge in [0.25, 0.3) is 11.1 Å². The Morgan fingerprint density at radius 1 is 1.12 bits per heavy atom. The van der Waals surface area contributed by atoms with Crippen molar-refractivity contribution in [3.63, 3.8) is 0 Å². The number of pyridine rings is 1. The maximum atomic E-state index is 15.3. The second-order valence-corrected chi connectivity index (χ2v) is 10.7. The van der Waals surface area contributed by atoms with Crippen LogP contribution in [0.15, 0.2) is 40.3 Å². The Balaban J connectivity index is 1.54. The largest absolute Gasteiger partial charge is 0.423 e. The number of nitrogens with zero attached hydrogens (tertiary/aromatic N) is 5. The van der Waals surface area contributed by atoms with Crippen molar-refractivity contribution in [2.75, 3.05) is 11.1 Å². The molecule has 1 unspecified atom stereocenters. The molecule has 18 heteroatoms. The summed E-state index contributed by atoms with van der Waals surface area (Å²) in [6.45, 7) is 1.74. The van der Waals surface area contributed by atoms with Crippen LogP contribution in [0.3, 0.4) is 0 Å². The predicted octanol–water partition coefficient (Wildman–Crippen LogP) is 4.75. The molecule has 9 nitrogen and oxygen atoms in total. The number of hydrogen-bond acceptors (Lipinski definition) is 7. The Kier molecular flexibility index (Phi) is 8.83. The number of halogens is 8. The molecular formula is C24H20F7IN7O2P. The standard InChI is InChI=1S/C24H20F7IN7O2P/c1-10(36-14-9-35-39(32)22(41)16(14)24(29,30)31)3-2-5-38-6-4-11-7-12(17(25)18(42)15(11)21(38)40)20-34-8-13(19(33)37-20)23(26,27)28/h4,6-10,36H,2-3,5,42H2,1H3,(H2,33,34,37)/t10-/m0/s1. The van der Waals surface area contributed by atoms with Crippen LogP contribution in [-0.4, -0.2) is 28.6 Å². The van der Waals surface area contributed by atoms with E-state index < -0.39 is 63.8 Å². The number of alkyl halides is 6. The Bertz CT molecular complexity index is 1790. The lowest BCUT2D eigenvalue weighted by molar-refractivity contribution is -0.138. The molecule has 3 heterocycles. The molecule has 0 aliphatic carbocycles. The molecule has 224 valence electrons. The number of fused-ring (bicyclic) bond motifs is 1. The first-order valence-corrected chi connectivity index (χ1v) is 13.5. The van der Waals surface area contributed by atoms with Gasteiger partial charge in [-0.2, -0.15) is 34.3 Å². The third-order valence-electron chi connectivity index (χ3n) is 6.26. The average molecular weight is 729 g/mol. The highest BCUT2D eigenvalue weighted by Gasteiger charge is 2.38. The van der Waals surface area contributed by atoms with Crippen molar-refractivity contribution in [3.05, 3.63) is 68.4 Å². The molecule has 42 heavy (non-hydrogen) atoms. The number of aryl methyl sites for hydroxylation is 1. The van der Waals surface area contributed by atoms with Crippen molar-refractivity contribution in [1.29, 1.82) is 0 Å². The third kappa shape index (κ3) is 6.35. The SMILES string of the molecule is C[C@@H](CCCn1ccc2cc(-c3ncc(C(F)(F)F)c(N)n3)c(F)c(P)c2c1=O)Nc1cnn(I)c(=O)c1C(F)(F)F. The fourth-order valence-electron chi connectivity index (χ4n) is 4.26. The van der Waals surface area contributed by atoms with E-state index in [1.807, 2.05) is 0 Å². The summed E-state index contributed by atoms with van der Waals surface area (Å²) < 4.78 is 96.5. The molecule has 0 radical (unpaired) electrons. The molecule has 0 saturated carbocycles. The van der Waals surface area contributed by atoms with Gasteiger partial charge in [0.1, 0.15) is 22.8 Å². The fraction of sp³-hybridized carbons (Fsp3) is 0.292. The van der Waals surface area contributed by atoms with Gasteiger partial charge in [-0.15, -0.1) is 9.24 Å². The summed E-state index contributed by atoms with van der Waals surface area (Å²) in [5.74, 6) is -2.22. The summed E-state index contributed by atoms with van der Waals surface area (Å²) >= 11 is 1.35. The lowest BCUT2D eigenvalue weighted by atomic mass is 10.1. The first-order chi connectivity index (χ1) is 19.5. The summed E-state index contributed by atoms with van der Waals surface area (Å²) in [6.07, 6.45) is -6.28. The van der Waals surface area contributed by atoms with Gasteiger partial charge < -0.3 is 15.6 Å². The number of aromatic nitrogens is 5. The van der Waals surface area contributed by atoms with E-state index in [9.17, 15) is 35.9 Å². The Labute approximate surface area is 248 Å². The van der Waals surface area contributed by atoms with Crippen molar-refractivity contribution in [2.24, 2.45) is 0 Å². The minimum atomic E-state index is -4.90. The lowest BCUT2D eigenvalue weighted by Crippen LogP contribution is -2.30. The van der Waals surface area contributed by atoms with Crippen LogP contribution in [0.5, 0.6) is 0 Å². The van der Waals surface area contributed by atoms with Crippen LogP contribution in [0.2, 0.25) is 0 Å². The number of anilines is 2. The fourth-order valence-corrected chi connectivity index (χ4v) is 5.07. The van der Waals surface area contributed by atoms with E-state index in [2.05, 4.69) is 29.6 Å². The van der Waals surface area contributed by atoms with Crippen LogP contribution < -0.4 is 27.5 Å². The van der Waals surface area contributed by atoms with Gasteiger partial charge in [-0.1, -0.05) is 0 Å². The van der Waals surface area contributed by atoms with Gasteiger partial charge in [-0.3, -0.25) is 9.59 Å². The highest BCUT2D eigenvalue weighted by Crippen LogP contribution is 2.34. The van der Waals surface area contributed by atoms with Gasteiger partial charge in [-0.25, -0.2) is 14.4 Å². The highest BCUT2D eigenvalue weighted by molar-refractivity contribution is 14.1. The quantitative estimate of drug-likeness (QED) is 0.160. The van der Waals surface area contributed by atoms with E-state index >= 15 is 4.39 Å². The van der Waals surface area contributed by atoms with E-state index in [-0.39, 0.29) is 28.2 Å². The summed E-state index contributed by atoms with van der Waals surface area (Å²) in [7, 11) is 2.10. The minimum Gasteiger partial charge on any atom is -0.383 e. The lowest BCUT2D eigenvalue weighted by Gasteiger charge is -2.19. The van der Waals surface area contributed by atoms with E-state index in [0.717, 1.165) is 6.20 Å². The van der Waals surface area contributed by atoms with Crippen molar-refractivity contribution in [1.82, 2.24) is 22.5 Å². The molecule has 3 aromatic heterocycles. The Morgan fingerprint density at radius 3 is 2.43 bits per heavy atom. The van der Waals surface area contributed by atoms with E-state index in [0.29, 0.717) is 21.9 Å². The Morgan fingerprint density at radius 2 is 1.81 bits per heavy atom. The monoisotopic (exact) mass is 729 g/mol. The molecule has 3 N–H and O–H groups in total. The molecule has 4 rings (SSSR count). The van der Waals surface area contributed by atoms with Gasteiger partial charge in [0, 0.05) is 30.3 Å². The number of benzene rings is 1. The van der Waals surface area contributed by atoms with Crippen molar-refractivity contribution in [3.8, 4) is 11.4 Å². The van der Waals surface area contributed by atoms with Gasteiger partial charge in [0.2, 0.25) is 0 Å². The van der Waals surface area contributed by atoms with E-state index in [1.54, 1.807) is 6.92 Å². The number of hydrogen-bond donors (Lipinski definition) is 2. The molecule has 0 fully saturated rings. The van der Waals surface area contributed by atoms with Crippen LogP contribution in [-0.2, 0) is 18.9 Å². The summed E-state index contributed by atoms with van der Waals surface area (Å²) in [5, 5.41) is 6.38. The topological polar surface area (TPSA) is 121 Å². The van der Waals surface area contributed by atoms with Crippen LogP contribution in [0.1, 0.15) is 30.9 Å². The Hall–Kier alpha value is -3.34. The molecule has 1 aromatic carbocycles. The number of nitrogens with one attached hydrogen (secondary N) is 1. The first kappa shape index (κ1) is 31.6. The van der Waals surface area contributed by atoms with E-state index in [4.69, 9.17) is 5.73 Å². The minimum absolute atomic E-state index is 0.00457. The third-order valence-corrected chi connectivity index (χ3v) is 7.49. The molecule has 0 bridgehead atoms. The van der Waals surface area contributed by atoms with Crippen LogP contribution in [0.25, 0.3) is 22.2 Å². The van der Waals surface area contributed by atoms with Gasteiger partial charge in [0.15, 0.2) is 5.82 Å². The van der Waals surface area contributed by atoms with Crippen molar-refractivity contribution in [2.45, 2.75) is 44.7 Å². The number of rotatable bonds is 7. The average Bonchev–Trinajstić information content (AvgIpc) is 2.88. The number of nitrogen functional groups attached to an aromatic ring is 1. The van der Waals surface area contributed by atoms with Gasteiger partial charge in [0.05, 0.1) is 45.7 Å². The number of nitrogens with two attached hydrogens (primary N) is 1. The summed E-state index contributed by atoms with van der Waals surface area (Å²) in [4.78, 5) is 32.4. The molecule has 0 spiro atoms. The molecule has 2 atom stereocenters. The normalized spacial score (nSPS) is 13.0. The molecular weight excluding hydrogens is 709 g/mol. The zero-order valence-electron chi connectivity index (χ0n) is 21.3. The smallest absolute Gasteiger partial charge is 0.383 e. The molecule has 0 amide bonds. The molecule has 0 saturated heterocycles. The van der Waals surface area contributed by atoms with E-state index in [1.165, 1.54) is 45.8 Å². The van der Waals surface area contributed by atoms with Gasteiger partial charge >= 0.3 is 12.4 Å². The van der Waals surface area contributed by atoms with Crippen LogP contribution >= 0.6 is 32.1 Å². The van der Waals surface area contributed by atoms with Crippen LogP contribution in [0.4, 0.5) is 42.2 Å². The molecule has 0 aliphatic rings. The van der Waals surface area contributed by atoms with Crippen LogP contribution in [0, 0.1) is 5.82 Å². The summed E-state index contributed by atoms with van der Waals surface area (Å²) in [6, 6.07) is 2.19. The zero-order valence-corrected chi connectivity index (χ0v) is 24.6. The predicted molar refractivity (Wildman–Crippen MR) is 153 cm³/mol. The second kappa shape index (κ2) is 11.7. The highest BCUT2D eigenvalue weighted by atomic mass is 127. The summed E-state index contributed by atoms with van der Waals surface area (Å²) in [5.41, 5.74) is 0.184.